The molecule has 0 aromatic heterocycles. The van der Waals surface area contributed by atoms with Crippen LogP contribution in [0.3, 0.4) is 0 Å². The van der Waals surface area contributed by atoms with Gasteiger partial charge in [0.25, 0.3) is 0 Å². The molecule has 0 unspecified atom stereocenters. The number of carboxylic acids is 2. The van der Waals surface area contributed by atoms with E-state index in [0.717, 1.165) is 0 Å². The lowest BCUT2D eigenvalue weighted by atomic mass is 10.00. The van der Waals surface area contributed by atoms with Crippen LogP contribution in [0.4, 0.5) is 0 Å². The summed E-state index contributed by atoms with van der Waals surface area (Å²) in [6, 6.07) is 8.40. The number of allylic oxidation sites excluding steroid dienone is 2. The Kier molecular flexibility index (Phi) is 3.61. The van der Waals surface area contributed by atoms with Crippen molar-refractivity contribution in [1.29, 1.82) is 0 Å². The van der Waals surface area contributed by atoms with E-state index >= 15 is 0 Å². The molecule has 0 heterocycles. The summed E-state index contributed by atoms with van der Waals surface area (Å²) in [5.41, 5.74) is -0.0703. The summed E-state index contributed by atoms with van der Waals surface area (Å²) >= 11 is 0. The van der Waals surface area contributed by atoms with Crippen molar-refractivity contribution in [3.63, 3.8) is 0 Å². The van der Waals surface area contributed by atoms with E-state index in [0.29, 0.717) is 5.56 Å². The van der Waals surface area contributed by atoms with Gasteiger partial charge in [-0.3, -0.25) is 0 Å². The van der Waals surface area contributed by atoms with Crippen LogP contribution in [0.5, 0.6) is 0 Å². The molecule has 1 aromatic carbocycles. The Bertz CT molecular complexity index is 441. The third-order valence-electron chi connectivity index (χ3n) is 1.99. The Hall–Kier alpha value is -2.36. The molecule has 0 aliphatic rings. The van der Waals surface area contributed by atoms with Crippen molar-refractivity contribution >= 4 is 17.5 Å². The minimum absolute atomic E-state index is 0.0978. The Labute approximate surface area is 92.2 Å². The van der Waals surface area contributed by atoms with Crippen LogP contribution in [0, 0.1) is 0 Å². The van der Waals surface area contributed by atoms with Crippen LogP contribution in [0.15, 0.2) is 48.6 Å². The van der Waals surface area contributed by atoms with Gasteiger partial charge in [0.15, 0.2) is 5.57 Å². The number of carboxylic acid groups (broad SMARTS) is 2. The third-order valence-corrected chi connectivity index (χ3v) is 1.99. The molecule has 16 heavy (non-hydrogen) atoms. The van der Waals surface area contributed by atoms with Crippen LogP contribution in [-0.4, -0.2) is 22.2 Å². The van der Waals surface area contributed by atoms with Crippen molar-refractivity contribution in [1.82, 2.24) is 0 Å². The topological polar surface area (TPSA) is 74.6 Å². The second-order valence-corrected chi connectivity index (χ2v) is 2.97. The molecule has 4 nitrogen and oxygen atoms in total. The molecule has 0 saturated heterocycles. The van der Waals surface area contributed by atoms with Crippen molar-refractivity contribution < 1.29 is 19.8 Å². The summed E-state index contributed by atoms with van der Waals surface area (Å²) in [7, 11) is 0. The first kappa shape index (κ1) is 11.7. The Morgan fingerprint density at radius 3 is 1.94 bits per heavy atom. The number of benzene rings is 1. The highest BCUT2D eigenvalue weighted by atomic mass is 16.4. The van der Waals surface area contributed by atoms with E-state index in [1.807, 2.05) is 0 Å². The highest BCUT2D eigenvalue weighted by Crippen LogP contribution is 2.20. The number of hydrogen-bond donors (Lipinski definition) is 2. The second-order valence-electron chi connectivity index (χ2n) is 2.97. The molecule has 0 atom stereocenters. The fourth-order valence-electron chi connectivity index (χ4n) is 1.30. The molecule has 0 aliphatic carbocycles. The average molecular weight is 218 g/mol. The van der Waals surface area contributed by atoms with Crippen LogP contribution in [0.1, 0.15) is 5.56 Å². The van der Waals surface area contributed by atoms with Gasteiger partial charge in [-0.2, -0.15) is 0 Å². The van der Waals surface area contributed by atoms with Gasteiger partial charge in [-0.15, -0.1) is 0 Å². The molecule has 0 amide bonds. The summed E-state index contributed by atoms with van der Waals surface area (Å²) in [5.74, 6) is -2.96. The predicted molar refractivity (Wildman–Crippen MR) is 58.8 cm³/mol. The second kappa shape index (κ2) is 4.93. The fraction of sp³-hybridized carbons (Fsp3) is 0. The molecule has 0 fully saturated rings. The van der Waals surface area contributed by atoms with Gasteiger partial charge in [-0.05, 0) is 5.56 Å². The zero-order chi connectivity index (χ0) is 12.1. The van der Waals surface area contributed by atoms with Gasteiger partial charge in [0, 0.05) is 5.57 Å². The first-order valence-electron chi connectivity index (χ1n) is 4.46. The Morgan fingerprint density at radius 1 is 1.06 bits per heavy atom. The van der Waals surface area contributed by atoms with E-state index in [1.54, 1.807) is 30.3 Å². The van der Waals surface area contributed by atoms with Crippen LogP contribution in [0.2, 0.25) is 0 Å². The minimum Gasteiger partial charge on any atom is -0.477 e. The van der Waals surface area contributed by atoms with Gasteiger partial charge in [0.1, 0.15) is 0 Å². The predicted octanol–water partition coefficient (Wildman–Crippen LogP) is 1.80. The maximum Gasteiger partial charge on any atom is 0.343 e. The zero-order valence-electron chi connectivity index (χ0n) is 8.38. The van der Waals surface area contributed by atoms with E-state index in [-0.39, 0.29) is 5.57 Å². The van der Waals surface area contributed by atoms with E-state index in [1.165, 1.54) is 6.08 Å². The molecular weight excluding hydrogens is 208 g/mol. The largest absolute Gasteiger partial charge is 0.477 e. The molecule has 1 rings (SSSR count). The van der Waals surface area contributed by atoms with Gasteiger partial charge in [0.2, 0.25) is 0 Å². The lowest BCUT2D eigenvalue weighted by Crippen LogP contribution is -2.13. The normalized spacial score (nSPS) is 9.25. The fourth-order valence-corrected chi connectivity index (χ4v) is 1.30. The third kappa shape index (κ3) is 2.36. The Morgan fingerprint density at radius 2 is 1.56 bits per heavy atom. The molecule has 4 heteroatoms. The number of hydrogen-bond acceptors (Lipinski definition) is 2. The van der Waals surface area contributed by atoms with Crippen LogP contribution in [-0.2, 0) is 9.59 Å². The molecule has 82 valence electrons. The van der Waals surface area contributed by atoms with Gasteiger partial charge < -0.3 is 10.2 Å². The molecule has 1 aromatic rings. The van der Waals surface area contributed by atoms with Crippen molar-refractivity contribution in [3.8, 4) is 0 Å². The van der Waals surface area contributed by atoms with Crippen molar-refractivity contribution in [3.05, 3.63) is 54.1 Å². The van der Waals surface area contributed by atoms with Gasteiger partial charge >= 0.3 is 11.9 Å². The highest BCUT2D eigenvalue weighted by molar-refractivity contribution is 6.19. The van der Waals surface area contributed by atoms with Gasteiger partial charge in [-0.1, -0.05) is 43.0 Å². The number of rotatable bonds is 4. The van der Waals surface area contributed by atoms with Crippen LogP contribution >= 0.6 is 0 Å². The highest BCUT2D eigenvalue weighted by Gasteiger charge is 2.21. The van der Waals surface area contributed by atoms with Crippen molar-refractivity contribution in [2.45, 2.75) is 0 Å². The van der Waals surface area contributed by atoms with Crippen LogP contribution in [0.25, 0.3) is 5.57 Å². The monoisotopic (exact) mass is 218 g/mol. The quantitative estimate of drug-likeness (QED) is 0.349. The summed E-state index contributed by atoms with van der Waals surface area (Å²) in [6.07, 6.45) is 1.23. The molecule has 2 N–H and O–H groups in total. The maximum absolute atomic E-state index is 10.8. The smallest absolute Gasteiger partial charge is 0.343 e. The lowest BCUT2D eigenvalue weighted by Gasteiger charge is -2.05. The van der Waals surface area contributed by atoms with Gasteiger partial charge in [0.05, 0.1) is 0 Å². The van der Waals surface area contributed by atoms with E-state index in [2.05, 4.69) is 6.58 Å². The first-order chi connectivity index (χ1) is 7.57. The Balaban J connectivity index is 3.44. The molecule has 0 radical (unpaired) electrons. The molecule has 0 aliphatic heterocycles. The number of aliphatic carboxylic acids is 2. The van der Waals surface area contributed by atoms with E-state index < -0.39 is 17.5 Å². The maximum atomic E-state index is 10.8. The molecule has 0 bridgehead atoms. The molecular formula is C12H10O4. The molecule has 0 saturated carbocycles. The number of carbonyl (C=O) groups is 2. The summed E-state index contributed by atoms with van der Waals surface area (Å²) in [5, 5.41) is 17.6. The summed E-state index contributed by atoms with van der Waals surface area (Å²) in [4.78, 5) is 21.7. The average Bonchev–Trinajstić information content (AvgIpc) is 2.25. The summed E-state index contributed by atoms with van der Waals surface area (Å²) < 4.78 is 0. The lowest BCUT2D eigenvalue weighted by molar-refractivity contribution is -0.140. The SMILES string of the molecule is C=CC(=C(C(=O)O)C(=O)O)c1ccccc1. The standard InChI is InChI=1S/C12H10O4/c1-2-9(8-6-4-3-5-7-8)10(11(13)14)12(15)16/h2-7H,1H2,(H,13,14)(H,15,16). The van der Waals surface area contributed by atoms with Gasteiger partial charge in [-0.25, -0.2) is 9.59 Å². The minimum atomic E-state index is -1.48. The molecule has 0 spiro atoms. The van der Waals surface area contributed by atoms with E-state index in [4.69, 9.17) is 10.2 Å². The van der Waals surface area contributed by atoms with Crippen LogP contribution < -0.4 is 0 Å². The first-order valence-corrected chi connectivity index (χ1v) is 4.46. The van der Waals surface area contributed by atoms with Crippen molar-refractivity contribution in [2.24, 2.45) is 0 Å². The van der Waals surface area contributed by atoms with Crippen molar-refractivity contribution in [2.75, 3.05) is 0 Å². The zero-order valence-corrected chi connectivity index (χ0v) is 8.38. The summed E-state index contributed by atoms with van der Waals surface area (Å²) in [6.45, 7) is 3.44. The van der Waals surface area contributed by atoms with E-state index in [9.17, 15) is 9.59 Å².